The first kappa shape index (κ1) is 16.2. The lowest BCUT2D eigenvalue weighted by Gasteiger charge is -2.21. The van der Waals surface area contributed by atoms with Crippen LogP contribution in [0.5, 0.6) is 5.75 Å². The van der Waals surface area contributed by atoms with Gasteiger partial charge in [0, 0.05) is 0 Å². The van der Waals surface area contributed by atoms with E-state index in [4.69, 9.17) is 13.9 Å². The predicted octanol–water partition coefficient (Wildman–Crippen LogP) is 4.93. The van der Waals surface area contributed by atoms with Crippen molar-refractivity contribution < 1.29 is 13.9 Å². The summed E-state index contributed by atoms with van der Waals surface area (Å²) in [5.41, 5.74) is 1.10. The second kappa shape index (κ2) is 7.71. The van der Waals surface area contributed by atoms with Gasteiger partial charge in [-0.05, 0) is 37.3 Å². The Bertz CT molecular complexity index is 589. The molecule has 0 unspecified atom stereocenters. The molecule has 0 saturated carbocycles. The molecule has 22 heavy (non-hydrogen) atoms. The average Bonchev–Trinajstić information content (AvgIpc) is 2.48. The molecule has 0 spiro atoms. The van der Waals surface area contributed by atoms with Gasteiger partial charge in [-0.2, -0.15) is 0 Å². The van der Waals surface area contributed by atoms with Gasteiger partial charge in [-0.25, -0.2) is 0 Å². The Morgan fingerprint density at radius 1 is 0.909 bits per heavy atom. The summed E-state index contributed by atoms with van der Waals surface area (Å²) in [4.78, 5) is 0. The quantitative estimate of drug-likeness (QED) is 0.535. The summed E-state index contributed by atoms with van der Waals surface area (Å²) in [7, 11) is -1.78. The molecule has 0 aliphatic carbocycles. The maximum absolute atomic E-state index is 5.93. The predicted molar refractivity (Wildman–Crippen MR) is 90.8 cm³/mol. The van der Waals surface area contributed by atoms with E-state index >= 15 is 0 Å². The monoisotopic (exact) mass is 314 g/mol. The molecule has 0 aliphatic heterocycles. The van der Waals surface area contributed by atoms with Gasteiger partial charge >= 0.3 is 5.95 Å². The molecule has 0 saturated heterocycles. The van der Waals surface area contributed by atoms with Gasteiger partial charge in [0.1, 0.15) is 12.4 Å². The van der Waals surface area contributed by atoms with E-state index in [0.29, 0.717) is 12.6 Å². The first-order chi connectivity index (χ1) is 10.5. The van der Waals surface area contributed by atoms with Crippen molar-refractivity contribution in [1.29, 1.82) is 0 Å². The molecule has 0 N–H and O–H groups in total. The van der Waals surface area contributed by atoms with Crippen LogP contribution in [0, 0.1) is 0 Å². The van der Waals surface area contributed by atoms with Crippen LogP contribution in [-0.2, 0) is 15.8 Å². The normalized spacial score (nSPS) is 11.9. The average molecular weight is 314 g/mol. The number of para-hydroxylation sites is 1. The molecule has 0 atom stereocenters. The van der Waals surface area contributed by atoms with Gasteiger partial charge in [0.2, 0.25) is 8.32 Å². The summed E-state index contributed by atoms with van der Waals surface area (Å²) in [5, 5.41) is 0. The molecule has 0 amide bonds. The third kappa shape index (κ3) is 6.05. The molecule has 116 valence electrons. The standard InChI is InChI=1S/C18H22O3Si/c1-22(2,3)21-18(20-17-12-8-5-9-13-17)15-19-14-16-10-6-4-7-11-16/h4-13,15H,14H2,1-3H3/b18-15+. The Labute approximate surface area is 133 Å². The molecule has 0 aliphatic rings. The van der Waals surface area contributed by atoms with Gasteiger partial charge in [0.25, 0.3) is 0 Å². The van der Waals surface area contributed by atoms with Gasteiger partial charge in [-0.15, -0.1) is 0 Å². The Morgan fingerprint density at radius 2 is 1.50 bits per heavy atom. The summed E-state index contributed by atoms with van der Waals surface area (Å²) in [6, 6.07) is 19.6. The zero-order chi connectivity index (χ0) is 15.8. The fourth-order valence-corrected chi connectivity index (χ4v) is 2.45. The van der Waals surface area contributed by atoms with Gasteiger partial charge in [0.15, 0.2) is 6.26 Å². The van der Waals surface area contributed by atoms with E-state index in [-0.39, 0.29) is 0 Å². The molecule has 0 bridgehead atoms. The molecule has 3 nitrogen and oxygen atoms in total. The van der Waals surface area contributed by atoms with Crippen molar-refractivity contribution in [2.45, 2.75) is 26.2 Å². The van der Waals surface area contributed by atoms with Crippen LogP contribution in [0.25, 0.3) is 0 Å². The van der Waals surface area contributed by atoms with E-state index in [1.807, 2.05) is 60.7 Å². The fraction of sp³-hybridized carbons (Fsp3) is 0.222. The molecular formula is C18H22O3Si. The topological polar surface area (TPSA) is 27.7 Å². The van der Waals surface area contributed by atoms with Crippen LogP contribution in [0.1, 0.15) is 5.56 Å². The first-order valence-electron chi connectivity index (χ1n) is 7.30. The van der Waals surface area contributed by atoms with Crippen molar-refractivity contribution in [3.8, 4) is 5.75 Å². The third-order valence-corrected chi connectivity index (χ3v) is 3.45. The number of rotatable bonds is 7. The highest BCUT2D eigenvalue weighted by molar-refractivity contribution is 6.70. The summed E-state index contributed by atoms with van der Waals surface area (Å²) < 4.78 is 17.3. The van der Waals surface area contributed by atoms with Crippen molar-refractivity contribution >= 4 is 8.32 Å². The Morgan fingerprint density at radius 3 is 2.09 bits per heavy atom. The van der Waals surface area contributed by atoms with Crippen LogP contribution in [0.4, 0.5) is 0 Å². The van der Waals surface area contributed by atoms with Crippen molar-refractivity contribution in [1.82, 2.24) is 0 Å². The van der Waals surface area contributed by atoms with Gasteiger partial charge in [-0.1, -0.05) is 48.5 Å². The minimum atomic E-state index is -1.78. The highest BCUT2D eigenvalue weighted by Gasteiger charge is 2.19. The van der Waals surface area contributed by atoms with Crippen LogP contribution in [-0.4, -0.2) is 8.32 Å². The summed E-state index contributed by atoms with van der Waals surface area (Å²) in [5.74, 6) is 1.14. The zero-order valence-electron chi connectivity index (χ0n) is 13.3. The highest BCUT2D eigenvalue weighted by Crippen LogP contribution is 2.17. The van der Waals surface area contributed by atoms with E-state index in [2.05, 4.69) is 19.6 Å². The number of benzene rings is 2. The van der Waals surface area contributed by atoms with Gasteiger partial charge in [0.05, 0.1) is 0 Å². The van der Waals surface area contributed by atoms with Crippen LogP contribution >= 0.6 is 0 Å². The molecule has 2 rings (SSSR count). The van der Waals surface area contributed by atoms with Crippen molar-refractivity contribution in [2.75, 3.05) is 0 Å². The fourth-order valence-electron chi connectivity index (χ4n) is 1.76. The van der Waals surface area contributed by atoms with Crippen LogP contribution in [0.3, 0.4) is 0 Å². The van der Waals surface area contributed by atoms with Crippen LogP contribution in [0.2, 0.25) is 19.6 Å². The maximum atomic E-state index is 5.93. The summed E-state index contributed by atoms with van der Waals surface area (Å²) >= 11 is 0. The molecule has 0 radical (unpaired) electrons. The lowest BCUT2D eigenvalue weighted by molar-refractivity contribution is 0.162. The molecular weight excluding hydrogens is 292 g/mol. The lowest BCUT2D eigenvalue weighted by Crippen LogP contribution is -2.26. The van der Waals surface area contributed by atoms with Crippen molar-refractivity contribution in [3.05, 3.63) is 78.4 Å². The van der Waals surface area contributed by atoms with E-state index in [0.717, 1.165) is 11.3 Å². The van der Waals surface area contributed by atoms with Gasteiger partial charge < -0.3 is 13.9 Å². The minimum absolute atomic E-state index is 0.404. The molecule has 0 heterocycles. The van der Waals surface area contributed by atoms with Crippen LogP contribution in [0.15, 0.2) is 72.9 Å². The number of hydrogen-bond acceptors (Lipinski definition) is 3. The van der Waals surface area contributed by atoms with Crippen molar-refractivity contribution in [3.63, 3.8) is 0 Å². The SMILES string of the molecule is C[Si](C)(C)O/C(=C/OCc1ccccc1)Oc1ccccc1. The smallest absolute Gasteiger partial charge is 0.307 e. The minimum Gasteiger partial charge on any atom is -0.517 e. The highest BCUT2D eigenvalue weighted by atomic mass is 28.4. The summed E-state index contributed by atoms with van der Waals surface area (Å²) in [6.45, 7) is 6.79. The molecule has 0 fully saturated rings. The Hall–Kier alpha value is -2.20. The molecule has 4 heteroatoms. The molecule has 2 aromatic rings. The molecule has 0 aromatic heterocycles. The Balaban J connectivity index is 2.01. The van der Waals surface area contributed by atoms with E-state index in [1.165, 1.54) is 0 Å². The van der Waals surface area contributed by atoms with E-state index in [9.17, 15) is 0 Å². The maximum Gasteiger partial charge on any atom is 0.307 e. The number of hydrogen-bond donors (Lipinski definition) is 0. The molecule has 2 aromatic carbocycles. The third-order valence-electron chi connectivity index (χ3n) is 2.64. The second-order valence-corrected chi connectivity index (χ2v) is 10.3. The van der Waals surface area contributed by atoms with Gasteiger partial charge in [-0.3, -0.25) is 0 Å². The second-order valence-electron chi connectivity index (χ2n) is 5.86. The van der Waals surface area contributed by atoms with E-state index < -0.39 is 8.32 Å². The van der Waals surface area contributed by atoms with E-state index in [1.54, 1.807) is 6.26 Å². The lowest BCUT2D eigenvalue weighted by atomic mass is 10.2. The largest absolute Gasteiger partial charge is 0.517 e. The van der Waals surface area contributed by atoms with Crippen molar-refractivity contribution in [2.24, 2.45) is 0 Å². The Kier molecular flexibility index (Phi) is 5.66. The summed E-state index contributed by atoms with van der Waals surface area (Å²) in [6.07, 6.45) is 1.55. The zero-order valence-corrected chi connectivity index (χ0v) is 14.3. The first-order valence-corrected chi connectivity index (χ1v) is 10.7. The number of ether oxygens (including phenoxy) is 2. The van der Waals surface area contributed by atoms with Crippen LogP contribution < -0.4 is 4.74 Å².